The number of hydrogen-bond acceptors (Lipinski definition) is 3. The molecule has 6 heteroatoms. The van der Waals surface area contributed by atoms with Gasteiger partial charge in [0.05, 0.1) is 16.6 Å². The number of ether oxygens (including phenoxy) is 1. The summed E-state index contributed by atoms with van der Waals surface area (Å²) in [6.07, 6.45) is 3.81. The highest BCUT2D eigenvalue weighted by Crippen LogP contribution is 2.31. The summed E-state index contributed by atoms with van der Waals surface area (Å²) in [6, 6.07) is 12.2. The summed E-state index contributed by atoms with van der Waals surface area (Å²) in [6.45, 7) is 15.1. The fourth-order valence-corrected chi connectivity index (χ4v) is 5.52. The predicted octanol–water partition coefficient (Wildman–Crippen LogP) is 6.77. The minimum absolute atomic E-state index is 0.545. The van der Waals surface area contributed by atoms with Gasteiger partial charge in [0, 0.05) is 32.7 Å². The van der Waals surface area contributed by atoms with E-state index in [1.807, 2.05) is 10.2 Å². The van der Waals surface area contributed by atoms with Gasteiger partial charge in [-0.05, 0) is 66.8 Å². The van der Waals surface area contributed by atoms with Crippen LogP contribution in [-0.4, -0.2) is 28.2 Å². The van der Waals surface area contributed by atoms with E-state index in [0.29, 0.717) is 6.73 Å². The number of thiol groups is 1. The van der Waals surface area contributed by atoms with Crippen molar-refractivity contribution >= 4 is 42.8 Å². The Hall–Kier alpha value is -2.02. The molecule has 0 radical (unpaired) electrons. The van der Waals surface area contributed by atoms with Gasteiger partial charge in [0.2, 0.25) is 0 Å². The molecule has 4 rings (SSSR count). The zero-order valence-corrected chi connectivity index (χ0v) is 22.1. The van der Waals surface area contributed by atoms with Gasteiger partial charge < -0.3 is 9.30 Å². The zero-order chi connectivity index (χ0) is 23.0. The number of rotatable bonds is 8. The standard InChI is InChI=1S/C26H35N3OSSi/c1-7-20-15-19(3)26-21(10-11-29(26)31)22(20)16-25-27-23-9-8-18(2)14-24(23)28(25)17-30-12-13-32(4,5)6/h8-11,14-15,31H,7,12-13,16-17H2,1-6H3. The summed E-state index contributed by atoms with van der Waals surface area (Å²) in [5.74, 6) is 1.06. The summed E-state index contributed by atoms with van der Waals surface area (Å²) in [4.78, 5) is 5.05. The van der Waals surface area contributed by atoms with Crippen LogP contribution in [0.5, 0.6) is 0 Å². The first-order valence-electron chi connectivity index (χ1n) is 11.5. The molecule has 0 atom stereocenters. The lowest BCUT2D eigenvalue weighted by Gasteiger charge is -2.17. The van der Waals surface area contributed by atoms with E-state index in [0.717, 1.165) is 36.3 Å². The van der Waals surface area contributed by atoms with Crippen molar-refractivity contribution in [3.05, 3.63) is 64.6 Å². The van der Waals surface area contributed by atoms with Crippen LogP contribution in [0.4, 0.5) is 0 Å². The molecule has 0 aliphatic rings. The Labute approximate surface area is 198 Å². The van der Waals surface area contributed by atoms with Crippen molar-refractivity contribution in [2.75, 3.05) is 6.61 Å². The second-order valence-corrected chi connectivity index (χ2v) is 16.1. The van der Waals surface area contributed by atoms with E-state index in [9.17, 15) is 0 Å². The highest BCUT2D eigenvalue weighted by Gasteiger charge is 2.18. The Morgan fingerprint density at radius 1 is 1.09 bits per heavy atom. The van der Waals surface area contributed by atoms with Crippen LogP contribution in [0.15, 0.2) is 36.5 Å². The second kappa shape index (κ2) is 9.08. The summed E-state index contributed by atoms with van der Waals surface area (Å²) in [5, 5.41) is 1.27. The quantitative estimate of drug-likeness (QED) is 0.177. The lowest BCUT2D eigenvalue weighted by Crippen LogP contribution is -2.22. The van der Waals surface area contributed by atoms with Crippen molar-refractivity contribution in [1.82, 2.24) is 13.5 Å². The fraction of sp³-hybridized carbons (Fsp3) is 0.423. The minimum Gasteiger partial charge on any atom is -0.361 e. The number of aromatic nitrogens is 3. The van der Waals surface area contributed by atoms with Crippen molar-refractivity contribution in [3.8, 4) is 0 Å². The molecule has 32 heavy (non-hydrogen) atoms. The lowest BCUT2D eigenvalue weighted by molar-refractivity contribution is 0.0881. The van der Waals surface area contributed by atoms with Crippen LogP contribution in [0.1, 0.15) is 35.0 Å². The summed E-state index contributed by atoms with van der Waals surface area (Å²) in [7, 11) is -1.12. The normalized spacial score (nSPS) is 12.3. The minimum atomic E-state index is -1.12. The van der Waals surface area contributed by atoms with Gasteiger partial charge in [-0.25, -0.2) is 4.98 Å². The number of nitrogens with zero attached hydrogens (tertiary/aromatic N) is 3. The molecule has 0 amide bonds. The molecule has 2 aromatic carbocycles. The number of aryl methyl sites for hydroxylation is 3. The van der Waals surface area contributed by atoms with Crippen LogP contribution in [0.3, 0.4) is 0 Å². The van der Waals surface area contributed by atoms with E-state index in [1.54, 1.807) is 0 Å². The van der Waals surface area contributed by atoms with Crippen LogP contribution in [0.25, 0.3) is 21.9 Å². The SMILES string of the molecule is CCc1cc(C)c2c(ccn2S)c1Cc1nc2ccc(C)cc2n1COCC[Si](C)(C)C. The molecule has 0 aliphatic carbocycles. The molecule has 4 aromatic rings. The number of fused-ring (bicyclic) bond motifs is 2. The molecule has 170 valence electrons. The van der Waals surface area contributed by atoms with Gasteiger partial charge in [-0.1, -0.05) is 51.5 Å². The number of imidazole rings is 1. The highest BCUT2D eigenvalue weighted by molar-refractivity contribution is 7.78. The average Bonchev–Trinajstić information content (AvgIpc) is 3.27. The van der Waals surface area contributed by atoms with Gasteiger partial charge in [0.25, 0.3) is 0 Å². The average molecular weight is 466 g/mol. The summed E-state index contributed by atoms with van der Waals surface area (Å²) in [5.41, 5.74) is 8.60. The molecule has 0 N–H and O–H groups in total. The molecule has 2 heterocycles. The van der Waals surface area contributed by atoms with E-state index in [1.165, 1.54) is 39.2 Å². The van der Waals surface area contributed by atoms with E-state index in [4.69, 9.17) is 9.72 Å². The van der Waals surface area contributed by atoms with Gasteiger partial charge >= 0.3 is 0 Å². The van der Waals surface area contributed by atoms with Crippen LogP contribution in [0, 0.1) is 13.8 Å². The maximum atomic E-state index is 6.19. The molecule has 0 unspecified atom stereocenters. The fourth-order valence-electron chi connectivity index (χ4n) is 4.43. The Balaban J connectivity index is 1.76. The first-order chi connectivity index (χ1) is 15.2. The smallest absolute Gasteiger partial charge is 0.124 e. The molecule has 0 bridgehead atoms. The summed E-state index contributed by atoms with van der Waals surface area (Å²) >= 11 is 4.64. The molecule has 0 saturated heterocycles. The van der Waals surface area contributed by atoms with E-state index in [-0.39, 0.29) is 0 Å². The van der Waals surface area contributed by atoms with Crippen molar-refractivity contribution in [1.29, 1.82) is 0 Å². The molecular weight excluding hydrogens is 430 g/mol. The van der Waals surface area contributed by atoms with Crippen LogP contribution < -0.4 is 0 Å². The molecule has 0 spiro atoms. The van der Waals surface area contributed by atoms with Gasteiger partial charge in [0.1, 0.15) is 12.6 Å². The highest BCUT2D eigenvalue weighted by atomic mass is 32.1. The number of benzene rings is 2. The van der Waals surface area contributed by atoms with E-state index in [2.05, 4.69) is 88.1 Å². The van der Waals surface area contributed by atoms with E-state index < -0.39 is 8.07 Å². The third-order valence-corrected chi connectivity index (χ3v) is 8.30. The van der Waals surface area contributed by atoms with E-state index >= 15 is 0 Å². The van der Waals surface area contributed by atoms with Crippen molar-refractivity contribution in [3.63, 3.8) is 0 Å². The van der Waals surface area contributed by atoms with Crippen LogP contribution >= 0.6 is 12.8 Å². The van der Waals surface area contributed by atoms with Crippen LogP contribution in [0.2, 0.25) is 25.7 Å². The molecule has 4 nitrogen and oxygen atoms in total. The monoisotopic (exact) mass is 465 g/mol. The van der Waals surface area contributed by atoms with Crippen molar-refractivity contribution in [2.45, 2.75) is 66.0 Å². The molecule has 0 fully saturated rings. The first kappa shape index (κ1) is 23.1. The molecule has 0 aliphatic heterocycles. The van der Waals surface area contributed by atoms with Gasteiger partial charge in [0.15, 0.2) is 0 Å². The Morgan fingerprint density at radius 3 is 2.59 bits per heavy atom. The molecule has 0 saturated carbocycles. The maximum Gasteiger partial charge on any atom is 0.124 e. The zero-order valence-electron chi connectivity index (χ0n) is 20.2. The third-order valence-electron chi connectivity index (χ3n) is 6.26. The van der Waals surface area contributed by atoms with Gasteiger partial charge in [-0.3, -0.25) is 3.97 Å². The van der Waals surface area contributed by atoms with Gasteiger partial charge in [-0.2, -0.15) is 0 Å². The van der Waals surface area contributed by atoms with Gasteiger partial charge in [-0.15, -0.1) is 0 Å². The number of hydrogen-bond donors (Lipinski definition) is 1. The Kier molecular flexibility index (Phi) is 6.57. The Bertz CT molecular complexity index is 1270. The third kappa shape index (κ3) is 4.68. The van der Waals surface area contributed by atoms with Crippen LogP contribution in [-0.2, 0) is 24.3 Å². The first-order valence-corrected chi connectivity index (χ1v) is 15.6. The molecule has 2 aromatic heterocycles. The Morgan fingerprint density at radius 2 is 1.88 bits per heavy atom. The van der Waals surface area contributed by atoms with Crippen molar-refractivity contribution < 1.29 is 4.74 Å². The largest absolute Gasteiger partial charge is 0.361 e. The topological polar surface area (TPSA) is 32.0 Å². The maximum absolute atomic E-state index is 6.19. The predicted molar refractivity (Wildman–Crippen MR) is 142 cm³/mol. The molecular formula is C26H35N3OSSi. The second-order valence-electron chi connectivity index (χ2n) is 10.1. The van der Waals surface area contributed by atoms with Crippen molar-refractivity contribution in [2.24, 2.45) is 0 Å². The summed E-state index contributed by atoms with van der Waals surface area (Å²) < 4.78 is 10.4. The lowest BCUT2D eigenvalue weighted by atomic mass is 9.95.